The van der Waals surface area contributed by atoms with E-state index in [-0.39, 0.29) is 0 Å². The van der Waals surface area contributed by atoms with Gasteiger partial charge in [0.15, 0.2) is 0 Å². The number of carbonyl (C=O) groups is 1. The quantitative estimate of drug-likeness (QED) is 0.297. The van der Waals surface area contributed by atoms with E-state index in [9.17, 15) is 4.79 Å². The van der Waals surface area contributed by atoms with E-state index in [4.69, 9.17) is 5.11 Å². The molecular formula is C18H30O2. The van der Waals surface area contributed by atoms with Crippen molar-refractivity contribution < 1.29 is 9.90 Å². The molecule has 0 heterocycles. The molecule has 0 radical (unpaired) electrons. The predicted octanol–water partition coefficient (Wildman–Crippen LogP) is 5.33. The maximum Gasteiger partial charge on any atom is 0.327 e. The van der Waals surface area contributed by atoms with Crippen LogP contribution in [-0.4, -0.2) is 11.1 Å². The summed E-state index contributed by atoms with van der Waals surface area (Å²) in [6.45, 7) is 2.22. The molecule has 0 aliphatic carbocycles. The Morgan fingerprint density at radius 2 is 1.45 bits per heavy atom. The predicted molar refractivity (Wildman–Crippen MR) is 85.6 cm³/mol. The van der Waals surface area contributed by atoms with Crippen LogP contribution in [0.2, 0.25) is 0 Å². The van der Waals surface area contributed by atoms with Crippen LogP contribution in [0.25, 0.3) is 0 Å². The molecule has 0 saturated carbocycles. The Morgan fingerprint density at radius 3 is 2.05 bits per heavy atom. The van der Waals surface area contributed by atoms with Crippen LogP contribution in [0.15, 0.2) is 12.2 Å². The van der Waals surface area contributed by atoms with Gasteiger partial charge in [0, 0.05) is 18.9 Å². The Kier molecular flexibility index (Phi) is 14.9. The van der Waals surface area contributed by atoms with Crippen molar-refractivity contribution in [2.45, 2.75) is 84.0 Å². The molecule has 0 aromatic carbocycles. The van der Waals surface area contributed by atoms with E-state index in [1.807, 2.05) is 0 Å². The topological polar surface area (TPSA) is 37.3 Å². The van der Waals surface area contributed by atoms with Gasteiger partial charge in [-0.1, -0.05) is 51.5 Å². The molecule has 0 amide bonds. The highest BCUT2D eigenvalue weighted by Crippen LogP contribution is 2.08. The lowest BCUT2D eigenvalue weighted by Crippen LogP contribution is -1.85. The molecule has 0 aliphatic heterocycles. The normalized spacial score (nSPS) is 10.4. The molecule has 0 bridgehead atoms. The number of unbranched alkanes of at least 4 members (excludes halogenated alkanes) is 10. The maximum atomic E-state index is 10.2. The highest BCUT2D eigenvalue weighted by molar-refractivity contribution is 5.79. The Labute approximate surface area is 124 Å². The molecule has 0 unspecified atom stereocenters. The lowest BCUT2D eigenvalue weighted by atomic mass is 10.1. The summed E-state index contributed by atoms with van der Waals surface area (Å²) in [6, 6.07) is 0. The van der Waals surface area contributed by atoms with E-state index in [0.29, 0.717) is 0 Å². The Morgan fingerprint density at radius 1 is 0.900 bits per heavy atom. The fourth-order valence-electron chi connectivity index (χ4n) is 2.01. The standard InChI is InChI=1S/C18H30O2/c1-2-3-4-5-6-7-8-9-10-11-12-13-14-15-16-17-18(19)20/h16-17H,2-5,8-15H2,1H3,(H,19,20)/b17-16-. The summed E-state index contributed by atoms with van der Waals surface area (Å²) >= 11 is 0. The second-order valence-corrected chi connectivity index (χ2v) is 5.21. The van der Waals surface area contributed by atoms with Crippen molar-refractivity contribution in [2.75, 3.05) is 0 Å². The molecule has 1 N–H and O–H groups in total. The first-order chi connectivity index (χ1) is 9.77. The smallest absolute Gasteiger partial charge is 0.327 e. The summed E-state index contributed by atoms with van der Waals surface area (Å²) in [5.74, 6) is 5.66. The van der Waals surface area contributed by atoms with E-state index in [1.54, 1.807) is 6.08 Å². The van der Waals surface area contributed by atoms with Crippen LogP contribution >= 0.6 is 0 Å². The minimum absolute atomic E-state index is 0.846. The SMILES string of the molecule is CCCCCC#CCCCCCCCC/C=C\C(=O)O. The molecule has 0 aromatic heterocycles. The Bertz CT molecular complexity index is 307. The van der Waals surface area contributed by atoms with Crippen LogP contribution in [-0.2, 0) is 4.79 Å². The van der Waals surface area contributed by atoms with Crippen molar-refractivity contribution in [3.8, 4) is 11.8 Å². The van der Waals surface area contributed by atoms with E-state index < -0.39 is 5.97 Å². The molecule has 0 aliphatic rings. The average molecular weight is 278 g/mol. The number of allylic oxidation sites excluding steroid dienone is 1. The van der Waals surface area contributed by atoms with Crippen molar-refractivity contribution in [1.82, 2.24) is 0 Å². The highest BCUT2D eigenvalue weighted by Gasteiger charge is 1.91. The number of carboxylic acids is 1. The molecular weight excluding hydrogens is 248 g/mol. The summed E-state index contributed by atoms with van der Waals surface area (Å²) in [6.07, 6.45) is 17.1. The van der Waals surface area contributed by atoms with Crippen LogP contribution < -0.4 is 0 Å². The third-order valence-electron chi connectivity index (χ3n) is 3.21. The van der Waals surface area contributed by atoms with Gasteiger partial charge in [-0.3, -0.25) is 0 Å². The highest BCUT2D eigenvalue weighted by atomic mass is 16.4. The largest absolute Gasteiger partial charge is 0.478 e. The Balaban J connectivity index is 3.15. The minimum Gasteiger partial charge on any atom is -0.478 e. The summed E-state index contributed by atoms with van der Waals surface area (Å²) in [5.41, 5.74) is 0. The van der Waals surface area contributed by atoms with Gasteiger partial charge >= 0.3 is 5.97 Å². The van der Waals surface area contributed by atoms with Crippen molar-refractivity contribution >= 4 is 5.97 Å². The van der Waals surface area contributed by atoms with Crippen molar-refractivity contribution in [3.05, 3.63) is 12.2 Å². The van der Waals surface area contributed by atoms with Gasteiger partial charge in [0.1, 0.15) is 0 Å². The van der Waals surface area contributed by atoms with Crippen molar-refractivity contribution in [1.29, 1.82) is 0 Å². The molecule has 0 rings (SSSR count). The first-order valence-corrected chi connectivity index (χ1v) is 8.12. The molecule has 20 heavy (non-hydrogen) atoms. The second-order valence-electron chi connectivity index (χ2n) is 5.21. The molecule has 2 nitrogen and oxygen atoms in total. The number of hydrogen-bond donors (Lipinski definition) is 1. The van der Waals surface area contributed by atoms with Gasteiger partial charge in [0.05, 0.1) is 0 Å². The zero-order chi connectivity index (χ0) is 14.9. The first-order valence-electron chi connectivity index (χ1n) is 8.12. The number of carboxylic acid groups (broad SMARTS) is 1. The molecule has 114 valence electrons. The van der Waals surface area contributed by atoms with Gasteiger partial charge in [0.25, 0.3) is 0 Å². The van der Waals surface area contributed by atoms with Crippen LogP contribution in [0.1, 0.15) is 84.0 Å². The number of aliphatic carboxylic acids is 1. The molecule has 0 atom stereocenters. The number of rotatable bonds is 12. The molecule has 0 spiro atoms. The third-order valence-corrected chi connectivity index (χ3v) is 3.21. The van der Waals surface area contributed by atoms with E-state index in [1.165, 1.54) is 57.4 Å². The lowest BCUT2D eigenvalue weighted by molar-refractivity contribution is -0.131. The molecule has 0 saturated heterocycles. The maximum absolute atomic E-state index is 10.2. The van der Waals surface area contributed by atoms with Gasteiger partial charge in [-0.15, -0.1) is 11.8 Å². The third kappa shape index (κ3) is 16.8. The lowest BCUT2D eigenvalue weighted by Gasteiger charge is -1.98. The molecule has 2 heteroatoms. The second kappa shape index (κ2) is 15.8. The van der Waals surface area contributed by atoms with Gasteiger partial charge in [0.2, 0.25) is 0 Å². The minimum atomic E-state index is -0.846. The summed E-state index contributed by atoms with van der Waals surface area (Å²) in [7, 11) is 0. The zero-order valence-electron chi connectivity index (χ0n) is 13.0. The zero-order valence-corrected chi connectivity index (χ0v) is 13.0. The van der Waals surface area contributed by atoms with Gasteiger partial charge in [-0.05, 0) is 25.7 Å². The molecule has 0 fully saturated rings. The van der Waals surface area contributed by atoms with E-state index in [2.05, 4.69) is 18.8 Å². The van der Waals surface area contributed by atoms with Crippen molar-refractivity contribution in [3.63, 3.8) is 0 Å². The summed E-state index contributed by atoms with van der Waals surface area (Å²) < 4.78 is 0. The summed E-state index contributed by atoms with van der Waals surface area (Å²) in [5, 5.41) is 8.42. The van der Waals surface area contributed by atoms with Gasteiger partial charge < -0.3 is 5.11 Å². The monoisotopic (exact) mass is 278 g/mol. The van der Waals surface area contributed by atoms with Crippen LogP contribution in [0, 0.1) is 11.8 Å². The average Bonchev–Trinajstić information content (AvgIpc) is 2.43. The fraction of sp³-hybridized carbons (Fsp3) is 0.722. The molecule has 0 aromatic rings. The fourth-order valence-corrected chi connectivity index (χ4v) is 2.01. The van der Waals surface area contributed by atoms with Gasteiger partial charge in [-0.2, -0.15) is 0 Å². The van der Waals surface area contributed by atoms with Crippen molar-refractivity contribution in [2.24, 2.45) is 0 Å². The summed E-state index contributed by atoms with van der Waals surface area (Å²) in [4.78, 5) is 10.2. The number of hydrogen-bond acceptors (Lipinski definition) is 1. The first kappa shape index (κ1) is 18.8. The van der Waals surface area contributed by atoms with Crippen LogP contribution in [0.3, 0.4) is 0 Å². The van der Waals surface area contributed by atoms with E-state index >= 15 is 0 Å². The van der Waals surface area contributed by atoms with Crippen LogP contribution in [0.4, 0.5) is 0 Å². The van der Waals surface area contributed by atoms with E-state index in [0.717, 1.165) is 25.7 Å². The van der Waals surface area contributed by atoms with Crippen LogP contribution in [0.5, 0.6) is 0 Å². The van der Waals surface area contributed by atoms with Gasteiger partial charge in [-0.25, -0.2) is 4.79 Å². The Hall–Kier alpha value is -1.23.